The molecule has 1 aromatic rings. The van der Waals surface area contributed by atoms with Gasteiger partial charge in [0.1, 0.15) is 0 Å². The third-order valence-electron chi connectivity index (χ3n) is 3.69. The van der Waals surface area contributed by atoms with Crippen LogP contribution in [0.5, 0.6) is 0 Å². The van der Waals surface area contributed by atoms with E-state index in [1.165, 1.54) is 0 Å². The quantitative estimate of drug-likeness (QED) is 0.858. The fourth-order valence-corrected chi connectivity index (χ4v) is 2.83. The number of hydrogen-bond donors (Lipinski definition) is 1. The summed E-state index contributed by atoms with van der Waals surface area (Å²) in [5.41, 5.74) is 7.65. The standard InChI is InChI=1S/C16H29N3/c1-6-14(17)15(16(2,3)4)19(5)12-10-13-9-7-8-11-18-13/h7-9,11,14-15H,6,10,12,17H2,1-5H3. The van der Waals surface area contributed by atoms with Crippen molar-refractivity contribution in [2.45, 2.75) is 52.6 Å². The van der Waals surface area contributed by atoms with Crippen LogP contribution < -0.4 is 5.73 Å². The Hall–Kier alpha value is -0.930. The molecule has 0 saturated heterocycles. The molecule has 0 fully saturated rings. The van der Waals surface area contributed by atoms with Crippen LogP contribution in [0.15, 0.2) is 24.4 Å². The van der Waals surface area contributed by atoms with Gasteiger partial charge >= 0.3 is 0 Å². The zero-order valence-corrected chi connectivity index (χ0v) is 13.1. The predicted molar refractivity (Wildman–Crippen MR) is 82.1 cm³/mol. The highest BCUT2D eigenvalue weighted by atomic mass is 15.2. The number of nitrogens with two attached hydrogens (primary N) is 1. The largest absolute Gasteiger partial charge is 0.326 e. The van der Waals surface area contributed by atoms with Gasteiger partial charge in [0.2, 0.25) is 0 Å². The van der Waals surface area contributed by atoms with Crippen LogP contribution in [0.2, 0.25) is 0 Å². The maximum Gasteiger partial charge on any atom is 0.0416 e. The van der Waals surface area contributed by atoms with E-state index in [2.05, 4.69) is 50.7 Å². The van der Waals surface area contributed by atoms with Crippen LogP contribution in [-0.2, 0) is 6.42 Å². The first kappa shape index (κ1) is 16.1. The second-order valence-corrected chi connectivity index (χ2v) is 6.43. The van der Waals surface area contributed by atoms with Gasteiger partial charge in [-0.05, 0) is 31.0 Å². The molecule has 108 valence electrons. The van der Waals surface area contributed by atoms with Crippen molar-refractivity contribution in [3.05, 3.63) is 30.1 Å². The van der Waals surface area contributed by atoms with Crippen LogP contribution >= 0.6 is 0 Å². The molecule has 0 aliphatic heterocycles. The number of pyridine rings is 1. The maximum absolute atomic E-state index is 6.32. The summed E-state index contributed by atoms with van der Waals surface area (Å²) in [6.45, 7) is 9.96. The summed E-state index contributed by atoms with van der Waals surface area (Å²) in [6, 6.07) is 6.69. The highest BCUT2D eigenvalue weighted by Gasteiger charge is 2.32. The molecule has 19 heavy (non-hydrogen) atoms. The van der Waals surface area contributed by atoms with Gasteiger partial charge in [0.15, 0.2) is 0 Å². The van der Waals surface area contributed by atoms with Crippen LogP contribution in [0.25, 0.3) is 0 Å². The van der Waals surface area contributed by atoms with E-state index >= 15 is 0 Å². The highest BCUT2D eigenvalue weighted by molar-refractivity contribution is 5.04. The van der Waals surface area contributed by atoms with Crippen molar-refractivity contribution in [1.82, 2.24) is 9.88 Å². The van der Waals surface area contributed by atoms with Gasteiger partial charge in [0, 0.05) is 36.9 Å². The van der Waals surface area contributed by atoms with E-state index in [4.69, 9.17) is 5.73 Å². The van der Waals surface area contributed by atoms with Crippen molar-refractivity contribution in [3.8, 4) is 0 Å². The summed E-state index contributed by atoms with van der Waals surface area (Å²) in [7, 11) is 2.17. The average molecular weight is 263 g/mol. The molecule has 3 nitrogen and oxygen atoms in total. The van der Waals surface area contributed by atoms with Crippen LogP contribution in [0, 0.1) is 5.41 Å². The Morgan fingerprint density at radius 2 is 2.00 bits per heavy atom. The average Bonchev–Trinajstić information content (AvgIpc) is 2.36. The maximum atomic E-state index is 6.32. The van der Waals surface area contributed by atoms with E-state index in [1.54, 1.807) is 0 Å². The summed E-state index contributed by atoms with van der Waals surface area (Å²) in [4.78, 5) is 6.77. The minimum absolute atomic E-state index is 0.189. The first-order valence-electron chi connectivity index (χ1n) is 7.22. The molecular formula is C16H29N3. The SMILES string of the molecule is CCC(N)C(N(C)CCc1ccccn1)C(C)(C)C. The summed E-state index contributed by atoms with van der Waals surface area (Å²) >= 11 is 0. The van der Waals surface area contributed by atoms with Crippen LogP contribution in [0.3, 0.4) is 0 Å². The molecule has 3 heteroatoms. The zero-order valence-electron chi connectivity index (χ0n) is 13.1. The Kier molecular flexibility index (Phi) is 5.95. The molecule has 0 amide bonds. The number of aromatic nitrogens is 1. The molecule has 2 N–H and O–H groups in total. The number of likely N-dealkylation sites (N-methyl/N-ethyl adjacent to an activating group) is 1. The molecule has 1 rings (SSSR count). The van der Waals surface area contributed by atoms with Gasteiger partial charge in [-0.2, -0.15) is 0 Å². The van der Waals surface area contributed by atoms with Gasteiger partial charge < -0.3 is 10.6 Å². The van der Waals surface area contributed by atoms with Crippen LogP contribution in [0.1, 0.15) is 39.8 Å². The minimum atomic E-state index is 0.189. The lowest BCUT2D eigenvalue weighted by Gasteiger charge is -2.41. The van der Waals surface area contributed by atoms with Gasteiger partial charge in [-0.1, -0.05) is 33.8 Å². The van der Waals surface area contributed by atoms with Crippen molar-refractivity contribution in [1.29, 1.82) is 0 Å². The third kappa shape index (κ3) is 4.92. The second-order valence-electron chi connectivity index (χ2n) is 6.43. The van der Waals surface area contributed by atoms with E-state index in [9.17, 15) is 0 Å². The topological polar surface area (TPSA) is 42.1 Å². The van der Waals surface area contributed by atoms with E-state index < -0.39 is 0 Å². The Bertz CT molecular complexity index is 356. The summed E-state index contributed by atoms with van der Waals surface area (Å²) in [5.74, 6) is 0. The van der Waals surface area contributed by atoms with E-state index in [0.29, 0.717) is 6.04 Å². The predicted octanol–water partition coefficient (Wildman–Crippen LogP) is 2.71. The Balaban J connectivity index is 2.65. The Labute approximate surface area is 118 Å². The molecule has 1 heterocycles. The molecule has 0 saturated carbocycles. The summed E-state index contributed by atoms with van der Waals surface area (Å²) in [5, 5.41) is 0. The summed E-state index contributed by atoms with van der Waals surface area (Å²) < 4.78 is 0. The fourth-order valence-electron chi connectivity index (χ4n) is 2.83. The lowest BCUT2D eigenvalue weighted by molar-refractivity contribution is 0.101. The van der Waals surface area contributed by atoms with Gasteiger partial charge in [-0.15, -0.1) is 0 Å². The normalized spacial score (nSPS) is 15.5. The summed E-state index contributed by atoms with van der Waals surface area (Å²) in [6.07, 6.45) is 3.84. The highest BCUT2D eigenvalue weighted by Crippen LogP contribution is 2.26. The molecule has 0 radical (unpaired) electrons. The number of hydrogen-bond acceptors (Lipinski definition) is 3. The minimum Gasteiger partial charge on any atom is -0.326 e. The van der Waals surface area contributed by atoms with Crippen molar-refractivity contribution >= 4 is 0 Å². The molecule has 0 aliphatic carbocycles. The first-order valence-corrected chi connectivity index (χ1v) is 7.22. The first-order chi connectivity index (χ1) is 8.86. The zero-order chi connectivity index (χ0) is 14.5. The van der Waals surface area contributed by atoms with E-state index in [0.717, 1.165) is 25.1 Å². The van der Waals surface area contributed by atoms with Crippen molar-refractivity contribution in [3.63, 3.8) is 0 Å². The molecule has 2 unspecified atom stereocenters. The van der Waals surface area contributed by atoms with E-state index in [-0.39, 0.29) is 11.5 Å². The molecule has 1 aromatic heterocycles. The van der Waals surface area contributed by atoms with E-state index in [1.807, 2.05) is 18.3 Å². The fraction of sp³-hybridized carbons (Fsp3) is 0.688. The smallest absolute Gasteiger partial charge is 0.0416 e. The number of rotatable bonds is 6. The molecular weight excluding hydrogens is 234 g/mol. The molecule has 2 atom stereocenters. The Morgan fingerprint density at radius 3 is 2.47 bits per heavy atom. The molecule has 0 bridgehead atoms. The van der Waals surface area contributed by atoms with Gasteiger partial charge in [-0.3, -0.25) is 4.98 Å². The Morgan fingerprint density at radius 1 is 1.32 bits per heavy atom. The second kappa shape index (κ2) is 7.01. The van der Waals surface area contributed by atoms with Crippen LogP contribution in [-0.4, -0.2) is 35.6 Å². The molecule has 0 aliphatic rings. The van der Waals surface area contributed by atoms with Gasteiger partial charge in [0.05, 0.1) is 0 Å². The monoisotopic (exact) mass is 263 g/mol. The third-order valence-corrected chi connectivity index (χ3v) is 3.69. The van der Waals surface area contributed by atoms with Crippen molar-refractivity contribution < 1.29 is 0 Å². The van der Waals surface area contributed by atoms with Crippen molar-refractivity contribution in [2.24, 2.45) is 11.1 Å². The van der Waals surface area contributed by atoms with Gasteiger partial charge in [-0.25, -0.2) is 0 Å². The molecule has 0 aromatic carbocycles. The molecule has 0 spiro atoms. The lowest BCUT2D eigenvalue weighted by atomic mass is 9.80. The van der Waals surface area contributed by atoms with Gasteiger partial charge in [0.25, 0.3) is 0 Å². The lowest BCUT2D eigenvalue weighted by Crippen LogP contribution is -2.53. The van der Waals surface area contributed by atoms with Crippen LogP contribution in [0.4, 0.5) is 0 Å². The van der Waals surface area contributed by atoms with Crippen molar-refractivity contribution in [2.75, 3.05) is 13.6 Å². The number of nitrogens with zero attached hydrogens (tertiary/aromatic N) is 2.